The largest absolute Gasteiger partial charge is 0.450 e. The Morgan fingerprint density at radius 3 is 2.10 bits per heavy atom. The summed E-state index contributed by atoms with van der Waals surface area (Å²) in [6, 6.07) is 5.36. The third-order valence-electron chi connectivity index (χ3n) is 7.16. The zero-order chi connectivity index (χ0) is 22.0. The van der Waals surface area contributed by atoms with E-state index in [-0.39, 0.29) is 11.5 Å². The highest BCUT2D eigenvalue weighted by molar-refractivity contribution is 5.53. The first-order valence-corrected chi connectivity index (χ1v) is 12.0. The van der Waals surface area contributed by atoms with Crippen LogP contribution in [0.4, 0.5) is 13.2 Å². The molecule has 31 heavy (non-hydrogen) atoms. The molecule has 1 nitrogen and oxygen atoms in total. The number of hydrogen-bond acceptors (Lipinski definition) is 1. The van der Waals surface area contributed by atoms with Gasteiger partial charge in [0.1, 0.15) is 0 Å². The predicted molar refractivity (Wildman–Crippen MR) is 118 cm³/mol. The van der Waals surface area contributed by atoms with Crippen LogP contribution in [-0.4, -0.2) is 0 Å². The molecule has 1 aliphatic carbocycles. The molecular formula is C27H33F3O. The van der Waals surface area contributed by atoms with E-state index in [2.05, 4.69) is 6.92 Å². The van der Waals surface area contributed by atoms with Crippen molar-refractivity contribution in [2.24, 2.45) is 11.8 Å². The number of fused-ring (bicyclic) bond motifs is 2. The van der Waals surface area contributed by atoms with Crippen LogP contribution >= 0.6 is 0 Å². The van der Waals surface area contributed by atoms with Crippen molar-refractivity contribution < 1.29 is 17.9 Å². The molecule has 4 heteroatoms. The first-order valence-electron chi connectivity index (χ1n) is 12.0. The zero-order valence-corrected chi connectivity index (χ0v) is 18.7. The van der Waals surface area contributed by atoms with Crippen molar-refractivity contribution >= 4 is 0 Å². The van der Waals surface area contributed by atoms with Crippen LogP contribution in [0.25, 0.3) is 0 Å². The van der Waals surface area contributed by atoms with Gasteiger partial charge in [-0.25, -0.2) is 8.78 Å². The molecule has 1 fully saturated rings. The molecule has 0 radical (unpaired) electrons. The lowest BCUT2D eigenvalue weighted by Gasteiger charge is -2.28. The fourth-order valence-corrected chi connectivity index (χ4v) is 5.38. The number of hydrogen-bond donors (Lipinski definition) is 0. The van der Waals surface area contributed by atoms with Crippen molar-refractivity contribution in [3.8, 4) is 11.5 Å². The maximum absolute atomic E-state index is 14.9. The SMILES string of the molecule is CCCc1ccc2c(c1F)Oc1c(cc(CCC3CCC(CCC)CC3)c(F)c1F)C2. The average molecular weight is 431 g/mol. The molecule has 168 valence electrons. The van der Waals surface area contributed by atoms with Crippen molar-refractivity contribution in [1.82, 2.24) is 0 Å². The smallest absolute Gasteiger partial charge is 0.201 e. The minimum Gasteiger partial charge on any atom is -0.450 e. The van der Waals surface area contributed by atoms with Crippen molar-refractivity contribution in [3.05, 3.63) is 57.9 Å². The molecule has 0 spiro atoms. The Morgan fingerprint density at radius 1 is 0.742 bits per heavy atom. The van der Waals surface area contributed by atoms with Gasteiger partial charge in [0.15, 0.2) is 23.1 Å². The van der Waals surface area contributed by atoms with Gasteiger partial charge < -0.3 is 4.74 Å². The third kappa shape index (κ3) is 4.63. The standard InChI is InChI=1S/C27H33F3O/c1-3-5-17-7-9-18(10-8-17)11-12-20-15-22-16-21-14-13-19(6-4-2)24(29)26(21)31-27(22)25(30)23(20)28/h13-15,17-18H,3-12,16H2,1-2H3. The topological polar surface area (TPSA) is 9.23 Å². The Bertz CT molecular complexity index is 929. The number of benzene rings is 2. The maximum Gasteiger partial charge on any atom is 0.201 e. The minimum absolute atomic E-state index is 0.0494. The van der Waals surface area contributed by atoms with Crippen molar-refractivity contribution in [1.29, 1.82) is 0 Å². The molecule has 2 aromatic carbocycles. The molecule has 0 atom stereocenters. The number of ether oxygens (including phenoxy) is 1. The number of rotatable bonds is 7. The first kappa shape index (κ1) is 22.2. The molecule has 2 aliphatic rings. The van der Waals surface area contributed by atoms with Gasteiger partial charge in [0.05, 0.1) is 0 Å². The molecule has 1 aliphatic heterocycles. The molecule has 0 saturated heterocycles. The Kier molecular flexibility index (Phi) is 6.93. The van der Waals surface area contributed by atoms with Crippen LogP contribution < -0.4 is 4.74 Å². The summed E-state index contributed by atoms with van der Waals surface area (Å²) in [5.74, 6) is -0.941. The minimum atomic E-state index is -0.981. The summed E-state index contributed by atoms with van der Waals surface area (Å²) in [6.45, 7) is 4.21. The van der Waals surface area contributed by atoms with Crippen LogP contribution in [0.3, 0.4) is 0 Å². The van der Waals surface area contributed by atoms with Crippen molar-refractivity contribution in [3.63, 3.8) is 0 Å². The normalized spacial score (nSPS) is 20.2. The fraction of sp³-hybridized carbons (Fsp3) is 0.556. The molecule has 2 aromatic rings. The van der Waals surface area contributed by atoms with E-state index in [1.165, 1.54) is 38.5 Å². The lowest BCUT2D eigenvalue weighted by Crippen LogP contribution is -2.16. The van der Waals surface area contributed by atoms with E-state index in [4.69, 9.17) is 4.74 Å². The summed E-state index contributed by atoms with van der Waals surface area (Å²) >= 11 is 0. The van der Waals surface area contributed by atoms with Gasteiger partial charge in [-0.2, -0.15) is 4.39 Å². The van der Waals surface area contributed by atoms with Crippen LogP contribution in [0.2, 0.25) is 0 Å². The highest BCUT2D eigenvalue weighted by Gasteiger charge is 2.28. The quantitative estimate of drug-likeness (QED) is 0.366. The summed E-state index contributed by atoms with van der Waals surface area (Å²) in [5.41, 5.74) is 2.27. The summed E-state index contributed by atoms with van der Waals surface area (Å²) in [4.78, 5) is 0. The Labute approximate surface area is 184 Å². The molecular weight excluding hydrogens is 397 g/mol. The lowest BCUT2D eigenvalue weighted by molar-refractivity contribution is 0.251. The van der Waals surface area contributed by atoms with Crippen LogP contribution in [0, 0.1) is 29.3 Å². The second-order valence-corrected chi connectivity index (χ2v) is 9.42. The van der Waals surface area contributed by atoms with Crippen LogP contribution in [0.15, 0.2) is 18.2 Å². The van der Waals surface area contributed by atoms with E-state index in [9.17, 15) is 13.2 Å². The van der Waals surface area contributed by atoms with Gasteiger partial charge in [0.2, 0.25) is 5.82 Å². The molecule has 1 saturated carbocycles. The van der Waals surface area contributed by atoms with Gasteiger partial charge in [0, 0.05) is 17.5 Å². The van der Waals surface area contributed by atoms with Gasteiger partial charge >= 0.3 is 0 Å². The molecule has 0 amide bonds. The van der Waals surface area contributed by atoms with Gasteiger partial charge in [-0.1, -0.05) is 70.9 Å². The molecule has 0 N–H and O–H groups in total. The Morgan fingerprint density at radius 2 is 1.42 bits per heavy atom. The van der Waals surface area contributed by atoms with E-state index in [0.29, 0.717) is 47.4 Å². The third-order valence-corrected chi connectivity index (χ3v) is 7.16. The monoisotopic (exact) mass is 430 g/mol. The average Bonchev–Trinajstić information content (AvgIpc) is 2.78. The van der Waals surface area contributed by atoms with E-state index in [0.717, 1.165) is 18.8 Å². The molecule has 1 heterocycles. The van der Waals surface area contributed by atoms with Crippen molar-refractivity contribution in [2.45, 2.75) is 84.5 Å². The summed E-state index contributed by atoms with van der Waals surface area (Å²) in [6.07, 6.45) is 10.6. The van der Waals surface area contributed by atoms with E-state index in [1.54, 1.807) is 12.1 Å². The van der Waals surface area contributed by atoms with Gasteiger partial charge in [-0.05, 0) is 48.3 Å². The number of aryl methyl sites for hydroxylation is 2. The lowest BCUT2D eigenvalue weighted by atomic mass is 9.78. The fourth-order valence-electron chi connectivity index (χ4n) is 5.38. The van der Waals surface area contributed by atoms with E-state index in [1.807, 2.05) is 13.0 Å². The molecule has 4 rings (SSSR count). The summed E-state index contributed by atoms with van der Waals surface area (Å²) in [5, 5.41) is 0. The Balaban J connectivity index is 1.49. The van der Waals surface area contributed by atoms with Gasteiger partial charge in [-0.15, -0.1) is 0 Å². The number of halogens is 3. The van der Waals surface area contributed by atoms with E-state index >= 15 is 0 Å². The van der Waals surface area contributed by atoms with Gasteiger partial charge in [-0.3, -0.25) is 0 Å². The van der Waals surface area contributed by atoms with Crippen LogP contribution in [-0.2, 0) is 19.3 Å². The summed E-state index contributed by atoms with van der Waals surface area (Å²) in [7, 11) is 0. The van der Waals surface area contributed by atoms with Crippen LogP contribution in [0.1, 0.15) is 87.5 Å². The molecule has 0 aromatic heterocycles. The predicted octanol–water partition coefficient (Wildman–Crippen LogP) is 8.29. The van der Waals surface area contributed by atoms with Crippen LogP contribution in [0.5, 0.6) is 11.5 Å². The summed E-state index contributed by atoms with van der Waals surface area (Å²) < 4.78 is 50.1. The maximum atomic E-state index is 14.9. The van der Waals surface area contributed by atoms with E-state index < -0.39 is 17.5 Å². The zero-order valence-electron chi connectivity index (χ0n) is 18.7. The molecule has 0 unspecified atom stereocenters. The highest BCUT2D eigenvalue weighted by atomic mass is 19.2. The second-order valence-electron chi connectivity index (χ2n) is 9.42. The Hall–Kier alpha value is -1.97. The highest BCUT2D eigenvalue weighted by Crippen LogP contribution is 2.43. The van der Waals surface area contributed by atoms with Gasteiger partial charge in [0.25, 0.3) is 0 Å². The van der Waals surface area contributed by atoms with Crippen molar-refractivity contribution in [2.75, 3.05) is 0 Å². The first-order chi connectivity index (χ1) is 15.0. The molecule has 0 bridgehead atoms. The second kappa shape index (κ2) is 9.67.